The Hall–Kier alpha value is -3.87. The number of rotatable bonds is 5. The molecule has 0 unspecified atom stereocenters. The SMILES string of the molecule is O=C(COC(=O)c1c2c(nc3ccccc13)C(=Cc1ccc(O)cc1)CC2)Nc1cc(Cl)ccc1Cl. The van der Waals surface area contributed by atoms with Crippen molar-refractivity contribution in [2.75, 3.05) is 11.9 Å². The van der Waals surface area contributed by atoms with Gasteiger partial charge in [-0.05, 0) is 72.0 Å². The molecule has 1 aliphatic rings. The molecule has 0 saturated heterocycles. The summed E-state index contributed by atoms with van der Waals surface area (Å²) in [6, 6.07) is 19.0. The molecule has 0 spiro atoms. The molecule has 0 fully saturated rings. The number of carbonyl (C=O) groups excluding carboxylic acids is 2. The molecule has 4 aromatic rings. The van der Waals surface area contributed by atoms with Crippen LogP contribution in [0.1, 0.15) is 33.6 Å². The number of hydrogen-bond donors (Lipinski definition) is 2. The molecule has 0 atom stereocenters. The number of nitrogens with one attached hydrogen (secondary N) is 1. The number of allylic oxidation sites excluding steroid dienone is 1. The smallest absolute Gasteiger partial charge is 0.339 e. The quantitative estimate of drug-likeness (QED) is 0.293. The average molecular weight is 519 g/mol. The third kappa shape index (κ3) is 4.91. The van der Waals surface area contributed by atoms with E-state index in [1.807, 2.05) is 42.5 Å². The molecule has 36 heavy (non-hydrogen) atoms. The maximum absolute atomic E-state index is 13.3. The van der Waals surface area contributed by atoms with Crippen LogP contribution >= 0.6 is 23.2 Å². The van der Waals surface area contributed by atoms with E-state index >= 15 is 0 Å². The topological polar surface area (TPSA) is 88.5 Å². The van der Waals surface area contributed by atoms with Crippen LogP contribution in [-0.2, 0) is 16.0 Å². The Labute approximate surface area is 217 Å². The number of esters is 1. The number of phenols is 1. The number of aromatic hydroxyl groups is 1. The van der Waals surface area contributed by atoms with Crippen molar-refractivity contribution in [3.63, 3.8) is 0 Å². The molecule has 0 saturated carbocycles. The van der Waals surface area contributed by atoms with Gasteiger partial charge >= 0.3 is 5.97 Å². The van der Waals surface area contributed by atoms with Crippen molar-refractivity contribution in [3.8, 4) is 5.75 Å². The number of phenolic OH excluding ortho intramolecular Hbond substituents is 1. The van der Waals surface area contributed by atoms with Crippen molar-refractivity contribution in [2.45, 2.75) is 12.8 Å². The molecule has 180 valence electrons. The molecular weight excluding hydrogens is 499 g/mol. The van der Waals surface area contributed by atoms with Crippen LogP contribution in [0, 0.1) is 0 Å². The zero-order valence-electron chi connectivity index (χ0n) is 18.9. The Morgan fingerprint density at radius 1 is 1.03 bits per heavy atom. The number of nitrogens with zero attached hydrogens (tertiary/aromatic N) is 1. The van der Waals surface area contributed by atoms with Gasteiger partial charge in [-0.2, -0.15) is 0 Å². The van der Waals surface area contributed by atoms with Gasteiger partial charge in [-0.3, -0.25) is 4.79 Å². The van der Waals surface area contributed by atoms with Gasteiger partial charge in [0.05, 0.1) is 27.5 Å². The Balaban J connectivity index is 1.43. The standard InChI is InChI=1S/C28H20Cl2N2O4/c29-18-8-12-22(30)24(14-18)31-25(34)15-36-28(35)26-20-3-1-2-4-23(20)32-27-17(7-11-21(26)27)13-16-5-9-19(33)10-6-16/h1-6,8-10,12-14,33H,7,11,15H2,(H,31,34). The first-order chi connectivity index (χ1) is 17.4. The fourth-order valence-corrected chi connectivity index (χ4v) is 4.60. The summed E-state index contributed by atoms with van der Waals surface area (Å²) in [5.74, 6) is -0.932. The van der Waals surface area contributed by atoms with E-state index in [0.29, 0.717) is 45.0 Å². The van der Waals surface area contributed by atoms with Crippen molar-refractivity contribution in [3.05, 3.63) is 99.2 Å². The number of ether oxygens (including phenoxy) is 1. The zero-order chi connectivity index (χ0) is 25.2. The first kappa shape index (κ1) is 23.9. The van der Waals surface area contributed by atoms with E-state index in [9.17, 15) is 14.7 Å². The van der Waals surface area contributed by atoms with Gasteiger partial charge in [0.25, 0.3) is 5.91 Å². The number of pyridine rings is 1. The second kappa shape index (κ2) is 10.0. The van der Waals surface area contributed by atoms with E-state index < -0.39 is 18.5 Å². The second-order valence-electron chi connectivity index (χ2n) is 8.34. The summed E-state index contributed by atoms with van der Waals surface area (Å²) in [6.45, 7) is -0.483. The minimum Gasteiger partial charge on any atom is -0.508 e. The molecule has 6 nitrogen and oxygen atoms in total. The molecule has 0 aliphatic heterocycles. The minimum atomic E-state index is -0.594. The largest absolute Gasteiger partial charge is 0.508 e. The van der Waals surface area contributed by atoms with Crippen molar-refractivity contribution in [1.29, 1.82) is 0 Å². The fraction of sp³-hybridized carbons (Fsp3) is 0.107. The average Bonchev–Trinajstić information content (AvgIpc) is 3.26. The molecule has 2 N–H and O–H groups in total. The summed E-state index contributed by atoms with van der Waals surface area (Å²) in [7, 11) is 0. The van der Waals surface area contributed by atoms with Gasteiger partial charge in [0.15, 0.2) is 6.61 Å². The molecule has 5 rings (SSSR count). The number of amides is 1. The molecule has 1 heterocycles. The first-order valence-corrected chi connectivity index (χ1v) is 12.0. The number of para-hydroxylation sites is 1. The summed E-state index contributed by atoms with van der Waals surface area (Å²) in [5.41, 5.74) is 4.86. The lowest BCUT2D eigenvalue weighted by atomic mass is 10.0. The number of halogens is 2. The molecule has 1 amide bonds. The molecule has 3 aromatic carbocycles. The van der Waals surface area contributed by atoms with Crippen LogP contribution in [-0.4, -0.2) is 28.6 Å². The van der Waals surface area contributed by atoms with Crippen LogP contribution in [0.4, 0.5) is 5.69 Å². The lowest BCUT2D eigenvalue weighted by Gasteiger charge is -2.13. The molecule has 0 bridgehead atoms. The Bertz CT molecular complexity index is 1530. The number of anilines is 1. The van der Waals surface area contributed by atoms with Gasteiger partial charge in [0.1, 0.15) is 5.75 Å². The number of aromatic nitrogens is 1. The fourth-order valence-electron chi connectivity index (χ4n) is 4.27. The number of carbonyl (C=O) groups is 2. The Morgan fingerprint density at radius 3 is 2.61 bits per heavy atom. The van der Waals surface area contributed by atoms with Crippen LogP contribution in [0.5, 0.6) is 5.75 Å². The third-order valence-corrected chi connectivity index (χ3v) is 6.48. The number of fused-ring (bicyclic) bond motifs is 2. The highest BCUT2D eigenvalue weighted by Crippen LogP contribution is 2.38. The highest BCUT2D eigenvalue weighted by molar-refractivity contribution is 6.35. The normalized spacial score (nSPS) is 13.6. The third-order valence-electron chi connectivity index (χ3n) is 5.92. The highest BCUT2D eigenvalue weighted by Gasteiger charge is 2.28. The maximum atomic E-state index is 13.3. The van der Waals surface area contributed by atoms with Gasteiger partial charge < -0.3 is 15.2 Å². The van der Waals surface area contributed by atoms with Crippen LogP contribution in [0.25, 0.3) is 22.6 Å². The lowest BCUT2D eigenvalue weighted by Crippen LogP contribution is -2.22. The summed E-state index contributed by atoms with van der Waals surface area (Å²) < 4.78 is 5.43. The second-order valence-corrected chi connectivity index (χ2v) is 9.18. The Morgan fingerprint density at radius 2 is 1.81 bits per heavy atom. The zero-order valence-corrected chi connectivity index (χ0v) is 20.4. The van der Waals surface area contributed by atoms with Crippen LogP contribution in [0.3, 0.4) is 0 Å². The number of hydrogen-bond acceptors (Lipinski definition) is 5. The molecule has 1 aromatic heterocycles. The molecule has 0 radical (unpaired) electrons. The highest BCUT2D eigenvalue weighted by atomic mass is 35.5. The van der Waals surface area contributed by atoms with Gasteiger partial charge in [0, 0.05) is 10.4 Å². The lowest BCUT2D eigenvalue weighted by molar-refractivity contribution is -0.119. The van der Waals surface area contributed by atoms with Crippen LogP contribution in [0.15, 0.2) is 66.7 Å². The van der Waals surface area contributed by atoms with Crippen LogP contribution in [0.2, 0.25) is 10.0 Å². The number of benzene rings is 3. The van der Waals surface area contributed by atoms with E-state index in [0.717, 1.165) is 22.4 Å². The predicted octanol–water partition coefficient (Wildman–Crippen LogP) is 6.53. The molecule has 8 heteroatoms. The van der Waals surface area contributed by atoms with E-state index in [1.54, 1.807) is 24.3 Å². The first-order valence-electron chi connectivity index (χ1n) is 11.2. The van der Waals surface area contributed by atoms with Crippen molar-refractivity contribution < 1.29 is 19.4 Å². The van der Waals surface area contributed by atoms with Crippen molar-refractivity contribution in [2.24, 2.45) is 0 Å². The van der Waals surface area contributed by atoms with Crippen molar-refractivity contribution in [1.82, 2.24) is 4.98 Å². The van der Waals surface area contributed by atoms with Gasteiger partial charge in [0.2, 0.25) is 0 Å². The monoisotopic (exact) mass is 518 g/mol. The Kier molecular flexibility index (Phi) is 6.63. The molecule has 1 aliphatic carbocycles. The van der Waals surface area contributed by atoms with Gasteiger partial charge in [-0.1, -0.05) is 53.5 Å². The molecular formula is C28H20Cl2N2O4. The summed E-state index contributed by atoms with van der Waals surface area (Å²) in [5, 5.41) is 13.6. The predicted molar refractivity (Wildman–Crippen MR) is 141 cm³/mol. The summed E-state index contributed by atoms with van der Waals surface area (Å²) in [4.78, 5) is 30.6. The van der Waals surface area contributed by atoms with E-state index in [4.69, 9.17) is 32.9 Å². The minimum absolute atomic E-state index is 0.194. The van der Waals surface area contributed by atoms with Crippen molar-refractivity contribution >= 4 is 63.3 Å². The van der Waals surface area contributed by atoms with Gasteiger partial charge in [-0.15, -0.1) is 0 Å². The maximum Gasteiger partial charge on any atom is 0.339 e. The van der Waals surface area contributed by atoms with Crippen LogP contribution < -0.4 is 5.32 Å². The van der Waals surface area contributed by atoms with E-state index in [1.165, 1.54) is 6.07 Å². The van der Waals surface area contributed by atoms with E-state index in [-0.39, 0.29) is 5.75 Å². The summed E-state index contributed by atoms with van der Waals surface area (Å²) in [6.07, 6.45) is 3.32. The van der Waals surface area contributed by atoms with Gasteiger partial charge in [-0.25, -0.2) is 9.78 Å². The summed E-state index contributed by atoms with van der Waals surface area (Å²) >= 11 is 12.1. The van der Waals surface area contributed by atoms with E-state index in [2.05, 4.69) is 5.32 Å².